The van der Waals surface area contributed by atoms with Gasteiger partial charge in [-0.05, 0) is 0 Å². The van der Waals surface area contributed by atoms with Gasteiger partial charge in [0.05, 0.1) is 19.5 Å². The zero-order valence-corrected chi connectivity index (χ0v) is 31.6. The first kappa shape index (κ1) is 45.7. The average Bonchev–Trinajstić information content (AvgIpc) is 3.64. The highest BCUT2D eigenvalue weighted by atomic mass is 31.3. The van der Waals surface area contributed by atoms with Gasteiger partial charge in [-0.25, -0.2) is 28.6 Å². The number of phosphoric acid groups is 3. The van der Waals surface area contributed by atoms with Crippen LogP contribution in [0, 0.1) is 15.8 Å². The van der Waals surface area contributed by atoms with Crippen LogP contribution < -0.4 is 21.7 Å². The third-order valence-corrected chi connectivity index (χ3v) is 10.5. The molecule has 0 spiro atoms. The van der Waals surface area contributed by atoms with Crippen molar-refractivity contribution >= 4 is 63.9 Å². The summed E-state index contributed by atoms with van der Waals surface area (Å²) >= 11 is 0. The lowest BCUT2D eigenvalue weighted by atomic mass is 9.87. The molecule has 28 nitrogen and oxygen atoms in total. The highest BCUT2D eigenvalue weighted by molar-refractivity contribution is 7.61. The van der Waals surface area contributed by atoms with E-state index in [-0.39, 0.29) is 43.0 Å². The molecule has 1 saturated heterocycles. The summed E-state index contributed by atoms with van der Waals surface area (Å²) in [5.41, 5.74) is 3.52. The quantitative estimate of drug-likeness (QED) is 0.0208. The van der Waals surface area contributed by atoms with Crippen molar-refractivity contribution in [2.45, 2.75) is 57.8 Å². The molecule has 3 amide bonds. The molecule has 0 aliphatic carbocycles. The molecule has 2 unspecified atom stereocenters. The van der Waals surface area contributed by atoms with Gasteiger partial charge in [-0.3, -0.25) is 32.5 Å². The molecule has 0 aromatic carbocycles. The maximum atomic E-state index is 12.6. The first-order chi connectivity index (χ1) is 25.3. The number of fused-ring (bicyclic) bond motifs is 1. The number of nitrogen functional groups attached to an aromatic ring is 1. The van der Waals surface area contributed by atoms with Crippen LogP contribution in [0.25, 0.3) is 11.2 Å². The number of anilines is 1. The zero-order chi connectivity index (χ0) is 41.5. The number of carbonyl (C=O) groups excluding carboxylic acids is 3. The standard InChI is InChI=1S/C24H39N9O19P3/c1-12(33(39)40)21(37)28-7-6-26-14(34)4-5-27-22(38)18(36)24(2,3)9-49-55(46,47)52-54(44,45)48-8-13-17(51-53(41,42)43)16(35)23(50-13)32-11-31-15-19(25)29-10-30-20(15)32/h10-11,13,16-18,23,35-36H,4-9H2,1-3H3,(H9-,25,26,27,28,29,30,34,37,38,39,40,41,42,43,44,45,46,47)/q-1/t13-,16-,17-,18+,23-/m1/s1. The predicted octanol–water partition coefficient (Wildman–Crippen LogP) is -3.01. The van der Waals surface area contributed by atoms with Gasteiger partial charge >= 0.3 is 29.4 Å². The number of phosphoric ester groups is 3. The second-order valence-corrected chi connectivity index (χ2v) is 16.4. The van der Waals surface area contributed by atoms with Gasteiger partial charge in [0.1, 0.15) is 36.3 Å². The number of carbonyl (C=O) groups is 3. The third kappa shape index (κ3) is 13.2. The number of imidazole rings is 1. The minimum Gasteiger partial charge on any atom is -0.612 e. The number of amides is 3. The number of aromatic nitrogens is 4. The molecule has 0 bridgehead atoms. The van der Waals surface area contributed by atoms with Crippen molar-refractivity contribution in [3.63, 3.8) is 0 Å². The summed E-state index contributed by atoms with van der Waals surface area (Å²) < 4.78 is 61.8. The Bertz CT molecular complexity index is 1890. The Hall–Kier alpha value is -3.72. The minimum atomic E-state index is -5.60. The number of rotatable bonds is 20. The van der Waals surface area contributed by atoms with Crippen molar-refractivity contribution < 1.29 is 85.4 Å². The number of aliphatic hydroxyl groups is 2. The minimum absolute atomic E-state index is 0.0146. The van der Waals surface area contributed by atoms with Crippen LogP contribution in [0.2, 0.25) is 0 Å². The van der Waals surface area contributed by atoms with Gasteiger partial charge in [-0.1, -0.05) is 13.8 Å². The second-order valence-electron chi connectivity index (χ2n) is 12.2. The molecule has 31 heteroatoms. The first-order valence-corrected chi connectivity index (χ1v) is 20.0. The van der Waals surface area contributed by atoms with E-state index in [1.165, 1.54) is 13.8 Å². The second kappa shape index (κ2) is 18.5. The third-order valence-electron chi connectivity index (χ3n) is 7.41. The molecule has 3 heterocycles. The molecule has 55 heavy (non-hydrogen) atoms. The van der Waals surface area contributed by atoms with Gasteiger partial charge in [0.15, 0.2) is 17.7 Å². The molecule has 2 aromatic heterocycles. The van der Waals surface area contributed by atoms with Gasteiger partial charge in [-0.15, -0.1) is 0 Å². The molecule has 0 saturated carbocycles. The Balaban J connectivity index is 1.51. The molecule has 7 atom stereocenters. The molecule has 0 radical (unpaired) electrons. The monoisotopic (exact) mass is 850 g/mol. The van der Waals surface area contributed by atoms with Crippen molar-refractivity contribution in [2.75, 3.05) is 38.6 Å². The molecular weight excluding hydrogens is 811 g/mol. The smallest absolute Gasteiger partial charge is 0.481 e. The summed E-state index contributed by atoms with van der Waals surface area (Å²) in [5, 5.41) is 49.3. The molecule has 2 aromatic rings. The van der Waals surface area contributed by atoms with Crippen molar-refractivity contribution in [2.24, 2.45) is 5.41 Å². The van der Waals surface area contributed by atoms with Gasteiger partial charge in [0.2, 0.25) is 11.8 Å². The van der Waals surface area contributed by atoms with Crippen molar-refractivity contribution in [1.82, 2.24) is 35.5 Å². The summed E-state index contributed by atoms with van der Waals surface area (Å²) in [6, 6.07) is 0. The number of ether oxygens (including phenoxy) is 1. The molecule has 1 aliphatic rings. The first-order valence-electron chi connectivity index (χ1n) is 15.5. The van der Waals surface area contributed by atoms with Crippen LogP contribution in [0.4, 0.5) is 5.82 Å². The highest BCUT2D eigenvalue weighted by Gasteiger charge is 2.50. The summed E-state index contributed by atoms with van der Waals surface area (Å²) in [4.78, 5) is 85.8. The Labute approximate surface area is 309 Å². The van der Waals surface area contributed by atoms with Gasteiger partial charge in [0.25, 0.3) is 5.71 Å². The van der Waals surface area contributed by atoms with E-state index >= 15 is 0 Å². The van der Waals surface area contributed by atoms with Crippen LogP contribution in [0.1, 0.15) is 33.4 Å². The summed E-state index contributed by atoms with van der Waals surface area (Å²) in [6.07, 6.45) is -7.20. The van der Waals surface area contributed by atoms with Gasteiger partial charge in [-0.2, -0.15) is 9.21 Å². The summed E-state index contributed by atoms with van der Waals surface area (Å²) in [5.74, 6) is -2.63. The number of nitrogens with zero attached hydrogens (tertiary/aromatic N) is 5. The van der Waals surface area contributed by atoms with Crippen LogP contribution in [0.3, 0.4) is 0 Å². The molecule has 1 aliphatic heterocycles. The Kier molecular flexibility index (Phi) is 15.3. The van der Waals surface area contributed by atoms with E-state index in [4.69, 9.17) is 19.5 Å². The Morgan fingerprint density at radius 2 is 1.67 bits per heavy atom. The van der Waals surface area contributed by atoms with Crippen LogP contribution in [-0.4, -0.2) is 135 Å². The van der Waals surface area contributed by atoms with E-state index in [1.807, 2.05) is 0 Å². The normalized spacial score (nSPS) is 21.6. The Morgan fingerprint density at radius 1 is 1.04 bits per heavy atom. The number of nitrogens with two attached hydrogens (primary N) is 1. The fourth-order valence-corrected chi connectivity index (χ4v) is 7.36. The van der Waals surface area contributed by atoms with E-state index in [1.54, 1.807) is 0 Å². The number of aliphatic hydroxyl groups excluding tert-OH is 2. The predicted molar refractivity (Wildman–Crippen MR) is 180 cm³/mol. The topological polar surface area (TPSA) is 425 Å². The van der Waals surface area contributed by atoms with E-state index in [0.717, 1.165) is 24.1 Å². The average molecular weight is 851 g/mol. The highest BCUT2D eigenvalue weighted by Crippen LogP contribution is 2.61. The lowest BCUT2D eigenvalue weighted by Gasteiger charge is -2.30. The van der Waals surface area contributed by atoms with Crippen LogP contribution in [0.15, 0.2) is 12.7 Å². The summed E-state index contributed by atoms with van der Waals surface area (Å²) in [6.45, 7) is 0.810. The largest absolute Gasteiger partial charge is 0.612 e. The lowest BCUT2D eigenvalue weighted by Crippen LogP contribution is -2.46. The molecule has 3 rings (SSSR count). The van der Waals surface area contributed by atoms with E-state index in [9.17, 15) is 68.3 Å². The Morgan fingerprint density at radius 3 is 2.31 bits per heavy atom. The zero-order valence-electron chi connectivity index (χ0n) is 28.9. The van der Waals surface area contributed by atoms with Gasteiger partial charge < -0.3 is 66.6 Å². The number of hydrogen-bond acceptors (Lipinski definition) is 19. The van der Waals surface area contributed by atoms with Crippen LogP contribution in [-0.2, 0) is 50.7 Å². The maximum Gasteiger partial charge on any atom is 0.481 e. The summed E-state index contributed by atoms with van der Waals surface area (Å²) in [7, 11) is -16.5. The van der Waals surface area contributed by atoms with E-state index < -0.39 is 101 Å². The lowest BCUT2D eigenvalue weighted by molar-refractivity contribution is -0.378. The molecular formula is C24H39N9O19P3-. The molecule has 310 valence electrons. The molecule has 1 fully saturated rings. The number of hydrogen-bond donors (Lipinski definition) is 10. The van der Waals surface area contributed by atoms with Crippen LogP contribution >= 0.6 is 23.5 Å². The van der Waals surface area contributed by atoms with E-state index in [2.05, 4.69) is 39.7 Å². The SMILES string of the molecule is CC(C(=O)NCCNC(=O)CCNC(=O)[C@H](O)C(C)(C)COP(=O)(O)OP(=O)(O)OC[C@H]1O[C@@H](n2cnc3c(N)ncnc32)[C@H](O)[C@@H]1OP(=O)(O)O)=[N+]([O-])[O-]. The van der Waals surface area contributed by atoms with E-state index in [0.29, 0.717) is 0 Å². The van der Waals surface area contributed by atoms with Crippen molar-refractivity contribution in [3.8, 4) is 0 Å². The van der Waals surface area contributed by atoms with Crippen LogP contribution in [0.5, 0.6) is 0 Å². The number of nitrogens with one attached hydrogen (secondary N) is 3. The van der Waals surface area contributed by atoms with Crippen molar-refractivity contribution in [3.05, 3.63) is 23.1 Å². The van der Waals surface area contributed by atoms with Gasteiger partial charge in [0, 0.05) is 38.4 Å². The maximum absolute atomic E-state index is 12.6. The fraction of sp³-hybridized carbons (Fsp3) is 0.625. The van der Waals surface area contributed by atoms with Crippen molar-refractivity contribution in [1.29, 1.82) is 0 Å². The fourth-order valence-electron chi connectivity index (χ4n) is 4.53. The molecule has 11 N–H and O–H groups in total.